The highest BCUT2D eigenvalue weighted by Crippen LogP contribution is 2.20. The van der Waals surface area contributed by atoms with Gasteiger partial charge in [-0.15, -0.1) is 0 Å². The molecule has 0 saturated carbocycles. The fraction of sp³-hybridized carbons (Fsp3) is 0.588. The van der Waals surface area contributed by atoms with Crippen molar-refractivity contribution < 1.29 is 14.6 Å². The summed E-state index contributed by atoms with van der Waals surface area (Å²) in [6.07, 6.45) is 0.821. The average Bonchev–Trinajstić information content (AvgIpc) is 2.44. The first-order valence-electron chi connectivity index (χ1n) is 7.63. The monoisotopic (exact) mass is 291 g/mol. The van der Waals surface area contributed by atoms with Crippen LogP contribution in [0.1, 0.15) is 30.9 Å². The normalized spacial score (nSPS) is 22.2. The molecule has 2 rings (SSSR count). The third-order valence-corrected chi connectivity index (χ3v) is 4.18. The molecular formula is C17H25NO3. The number of ether oxygens (including phenoxy) is 1. The zero-order chi connectivity index (χ0) is 15.4. The molecule has 1 aromatic rings. The predicted octanol–water partition coefficient (Wildman–Crippen LogP) is 2.30. The molecule has 1 saturated heterocycles. The van der Waals surface area contributed by atoms with E-state index in [9.17, 15) is 9.90 Å². The van der Waals surface area contributed by atoms with Gasteiger partial charge in [0.25, 0.3) is 0 Å². The Morgan fingerprint density at radius 1 is 1.43 bits per heavy atom. The van der Waals surface area contributed by atoms with E-state index in [2.05, 4.69) is 6.07 Å². The Labute approximate surface area is 126 Å². The molecule has 2 atom stereocenters. The van der Waals surface area contributed by atoms with Crippen molar-refractivity contribution in [2.24, 2.45) is 5.92 Å². The van der Waals surface area contributed by atoms with E-state index in [1.54, 1.807) is 4.90 Å². The number of rotatable bonds is 4. The molecule has 1 amide bonds. The van der Waals surface area contributed by atoms with E-state index in [0.717, 1.165) is 24.3 Å². The summed E-state index contributed by atoms with van der Waals surface area (Å²) >= 11 is 0. The Balaban J connectivity index is 1.79. The molecule has 0 bridgehead atoms. The first-order chi connectivity index (χ1) is 9.97. The quantitative estimate of drug-likeness (QED) is 0.926. The summed E-state index contributed by atoms with van der Waals surface area (Å²) in [6.45, 7) is 7.64. The fourth-order valence-corrected chi connectivity index (χ4v) is 2.64. The molecule has 0 spiro atoms. The number of nitrogens with zero attached hydrogens (tertiary/aromatic N) is 1. The second kappa shape index (κ2) is 6.94. The van der Waals surface area contributed by atoms with E-state index in [-0.39, 0.29) is 11.8 Å². The van der Waals surface area contributed by atoms with Gasteiger partial charge >= 0.3 is 0 Å². The second-order valence-electron chi connectivity index (χ2n) is 6.04. The molecule has 1 fully saturated rings. The molecule has 1 aliphatic rings. The highest BCUT2D eigenvalue weighted by atomic mass is 16.5. The average molecular weight is 291 g/mol. The van der Waals surface area contributed by atoms with Gasteiger partial charge in [0.05, 0.1) is 19.1 Å². The third kappa shape index (κ3) is 4.21. The topological polar surface area (TPSA) is 49.8 Å². The van der Waals surface area contributed by atoms with E-state index in [1.165, 1.54) is 5.56 Å². The number of amides is 1. The molecule has 4 heteroatoms. The molecule has 116 valence electrons. The van der Waals surface area contributed by atoms with Gasteiger partial charge in [0.2, 0.25) is 5.91 Å². The van der Waals surface area contributed by atoms with Crippen LogP contribution in [0, 0.1) is 19.8 Å². The van der Waals surface area contributed by atoms with Crippen LogP contribution < -0.4 is 4.74 Å². The molecule has 1 heterocycles. The maximum atomic E-state index is 12.1. The highest BCUT2D eigenvalue weighted by molar-refractivity contribution is 5.76. The second-order valence-corrected chi connectivity index (χ2v) is 6.04. The zero-order valence-corrected chi connectivity index (χ0v) is 13.1. The van der Waals surface area contributed by atoms with E-state index >= 15 is 0 Å². The maximum absolute atomic E-state index is 12.1. The molecule has 1 aliphatic heterocycles. The predicted molar refractivity (Wildman–Crippen MR) is 82.4 cm³/mol. The van der Waals surface area contributed by atoms with Crippen molar-refractivity contribution in [1.82, 2.24) is 4.90 Å². The number of benzene rings is 1. The molecular weight excluding hydrogens is 266 g/mol. The van der Waals surface area contributed by atoms with Crippen LogP contribution in [0.3, 0.4) is 0 Å². The number of hydrogen-bond donors (Lipinski definition) is 1. The van der Waals surface area contributed by atoms with Gasteiger partial charge in [-0.05, 0) is 37.8 Å². The van der Waals surface area contributed by atoms with Crippen LogP contribution in [0.25, 0.3) is 0 Å². The molecule has 4 nitrogen and oxygen atoms in total. The summed E-state index contributed by atoms with van der Waals surface area (Å²) in [6, 6.07) is 6.02. The SMILES string of the molecule is Cc1ccc(OCCC(=O)N2CCC(C)C(O)C2)c(C)c1. The molecule has 0 aliphatic carbocycles. The number of hydrogen-bond acceptors (Lipinski definition) is 3. The summed E-state index contributed by atoms with van der Waals surface area (Å²) < 4.78 is 5.69. The lowest BCUT2D eigenvalue weighted by molar-refractivity contribution is -0.135. The Morgan fingerprint density at radius 2 is 2.19 bits per heavy atom. The van der Waals surface area contributed by atoms with Crippen molar-refractivity contribution in [2.75, 3.05) is 19.7 Å². The van der Waals surface area contributed by atoms with E-state index in [1.807, 2.05) is 32.9 Å². The zero-order valence-electron chi connectivity index (χ0n) is 13.1. The first-order valence-corrected chi connectivity index (χ1v) is 7.63. The van der Waals surface area contributed by atoms with Gasteiger partial charge in [-0.2, -0.15) is 0 Å². The summed E-state index contributed by atoms with van der Waals surface area (Å²) in [5.41, 5.74) is 2.29. The van der Waals surface area contributed by atoms with Crippen molar-refractivity contribution >= 4 is 5.91 Å². The number of carbonyl (C=O) groups is 1. The standard InChI is InChI=1S/C17H25NO3/c1-12-4-5-16(14(3)10-12)21-9-7-17(20)18-8-6-13(2)15(19)11-18/h4-5,10,13,15,19H,6-9,11H2,1-3H3. The molecule has 2 unspecified atom stereocenters. The van der Waals surface area contributed by atoms with Gasteiger partial charge in [-0.25, -0.2) is 0 Å². The van der Waals surface area contributed by atoms with Crippen LogP contribution in [0.4, 0.5) is 0 Å². The number of likely N-dealkylation sites (tertiary alicyclic amines) is 1. The van der Waals surface area contributed by atoms with E-state index in [0.29, 0.717) is 19.6 Å². The van der Waals surface area contributed by atoms with Gasteiger partial charge in [-0.3, -0.25) is 4.79 Å². The van der Waals surface area contributed by atoms with Crippen molar-refractivity contribution in [3.8, 4) is 5.75 Å². The van der Waals surface area contributed by atoms with Gasteiger partial charge in [0.1, 0.15) is 5.75 Å². The molecule has 21 heavy (non-hydrogen) atoms. The smallest absolute Gasteiger partial charge is 0.226 e. The molecule has 0 aromatic heterocycles. The Hall–Kier alpha value is -1.55. The van der Waals surface area contributed by atoms with Crippen molar-refractivity contribution in [1.29, 1.82) is 0 Å². The number of carbonyl (C=O) groups excluding carboxylic acids is 1. The number of piperidine rings is 1. The van der Waals surface area contributed by atoms with Crippen molar-refractivity contribution in [2.45, 2.75) is 39.7 Å². The minimum absolute atomic E-state index is 0.0608. The summed E-state index contributed by atoms with van der Waals surface area (Å²) in [7, 11) is 0. The lowest BCUT2D eigenvalue weighted by Crippen LogP contribution is -2.46. The largest absolute Gasteiger partial charge is 0.493 e. The van der Waals surface area contributed by atoms with Crippen molar-refractivity contribution in [3.63, 3.8) is 0 Å². The fourth-order valence-electron chi connectivity index (χ4n) is 2.64. The van der Waals surface area contributed by atoms with Crippen LogP contribution in [-0.2, 0) is 4.79 Å². The number of aliphatic hydroxyl groups excluding tert-OH is 1. The van der Waals surface area contributed by atoms with Gasteiger partial charge in [0.15, 0.2) is 0 Å². The maximum Gasteiger partial charge on any atom is 0.226 e. The Kier molecular flexibility index (Phi) is 5.23. The molecule has 1 N–H and O–H groups in total. The highest BCUT2D eigenvalue weighted by Gasteiger charge is 2.26. The van der Waals surface area contributed by atoms with Crippen LogP contribution in [0.15, 0.2) is 18.2 Å². The summed E-state index contributed by atoms with van der Waals surface area (Å²) in [4.78, 5) is 13.9. The van der Waals surface area contributed by atoms with Crippen molar-refractivity contribution in [3.05, 3.63) is 29.3 Å². The minimum Gasteiger partial charge on any atom is -0.493 e. The number of aliphatic hydroxyl groups is 1. The first kappa shape index (κ1) is 15.8. The minimum atomic E-state index is -0.400. The van der Waals surface area contributed by atoms with Gasteiger partial charge in [0, 0.05) is 13.1 Å². The summed E-state index contributed by atoms with van der Waals surface area (Å²) in [5, 5.41) is 9.84. The van der Waals surface area contributed by atoms with Crippen LogP contribution in [0.5, 0.6) is 5.75 Å². The van der Waals surface area contributed by atoms with Crippen LogP contribution in [-0.4, -0.2) is 41.7 Å². The lowest BCUT2D eigenvalue weighted by Gasteiger charge is -2.34. The Morgan fingerprint density at radius 3 is 2.86 bits per heavy atom. The lowest BCUT2D eigenvalue weighted by atomic mass is 9.96. The number of β-amino-alcohol motifs (C(OH)–C–C–N with tert-alkyl or cyclic N) is 1. The Bertz CT molecular complexity index is 501. The van der Waals surface area contributed by atoms with Crippen LogP contribution >= 0.6 is 0 Å². The number of aryl methyl sites for hydroxylation is 2. The van der Waals surface area contributed by atoms with Crippen LogP contribution in [0.2, 0.25) is 0 Å². The molecule has 0 radical (unpaired) electrons. The third-order valence-electron chi connectivity index (χ3n) is 4.18. The van der Waals surface area contributed by atoms with E-state index in [4.69, 9.17) is 4.74 Å². The summed E-state index contributed by atoms with van der Waals surface area (Å²) in [5.74, 6) is 1.17. The van der Waals surface area contributed by atoms with Gasteiger partial charge < -0.3 is 14.7 Å². The van der Waals surface area contributed by atoms with E-state index < -0.39 is 6.10 Å². The van der Waals surface area contributed by atoms with Gasteiger partial charge in [-0.1, -0.05) is 24.6 Å². The molecule has 1 aromatic carbocycles.